The molecule has 0 saturated heterocycles. The molecule has 0 aliphatic rings. The first-order valence-corrected chi connectivity index (χ1v) is 5.48. The van der Waals surface area contributed by atoms with Crippen molar-refractivity contribution in [2.75, 3.05) is 12.8 Å². The molecule has 0 aromatic carbocycles. The zero-order valence-corrected chi connectivity index (χ0v) is 10.3. The summed E-state index contributed by atoms with van der Waals surface area (Å²) in [6.07, 6.45) is 3.13. The number of aromatic nitrogens is 3. The molecule has 0 atom stereocenters. The Morgan fingerprint density at radius 1 is 1.61 bits per heavy atom. The van der Waals surface area contributed by atoms with Crippen molar-refractivity contribution in [3.8, 4) is 0 Å². The molecule has 0 bridgehead atoms. The number of anilines is 1. The third kappa shape index (κ3) is 2.88. The van der Waals surface area contributed by atoms with Crippen molar-refractivity contribution in [1.29, 1.82) is 0 Å². The molecule has 7 heteroatoms. The molecule has 0 saturated carbocycles. The highest BCUT2D eigenvalue weighted by atomic mass is 16.5. The number of rotatable bonds is 4. The summed E-state index contributed by atoms with van der Waals surface area (Å²) < 4.78 is 6.45. The Labute approximate surface area is 104 Å². The van der Waals surface area contributed by atoms with Gasteiger partial charge in [0.1, 0.15) is 18.0 Å². The number of nitrogens with two attached hydrogens (primary N) is 1. The monoisotopic (exact) mass is 249 g/mol. The van der Waals surface area contributed by atoms with Crippen molar-refractivity contribution in [3.05, 3.63) is 29.9 Å². The van der Waals surface area contributed by atoms with Crippen LogP contribution in [0.2, 0.25) is 0 Å². The van der Waals surface area contributed by atoms with Crippen LogP contribution >= 0.6 is 0 Å². The summed E-state index contributed by atoms with van der Waals surface area (Å²) in [7, 11) is 1.71. The third-order valence-electron chi connectivity index (χ3n) is 2.45. The first-order chi connectivity index (χ1) is 8.54. The van der Waals surface area contributed by atoms with Gasteiger partial charge in [0.15, 0.2) is 0 Å². The smallest absolute Gasteiger partial charge is 0.244 e. The molecular weight excluding hydrogens is 234 g/mol. The van der Waals surface area contributed by atoms with Gasteiger partial charge in [0, 0.05) is 19.3 Å². The van der Waals surface area contributed by atoms with E-state index in [-0.39, 0.29) is 12.5 Å². The van der Waals surface area contributed by atoms with Crippen LogP contribution in [0.4, 0.5) is 5.69 Å². The summed E-state index contributed by atoms with van der Waals surface area (Å²) >= 11 is 0. The lowest BCUT2D eigenvalue weighted by Crippen LogP contribution is -2.30. The van der Waals surface area contributed by atoms with E-state index in [1.54, 1.807) is 24.2 Å². The predicted molar refractivity (Wildman–Crippen MR) is 64.4 cm³/mol. The van der Waals surface area contributed by atoms with Gasteiger partial charge in [-0.25, -0.2) is 0 Å². The molecule has 0 fully saturated rings. The number of nitrogens with zero attached hydrogens (tertiary/aromatic N) is 4. The second kappa shape index (κ2) is 4.91. The van der Waals surface area contributed by atoms with Gasteiger partial charge >= 0.3 is 0 Å². The number of aryl methyl sites for hydroxylation is 1. The molecule has 2 heterocycles. The van der Waals surface area contributed by atoms with Crippen LogP contribution in [0.1, 0.15) is 11.5 Å². The van der Waals surface area contributed by atoms with Gasteiger partial charge in [0.05, 0.1) is 18.4 Å². The summed E-state index contributed by atoms with van der Waals surface area (Å²) in [4.78, 5) is 13.5. The largest absolute Gasteiger partial charge is 0.396 e. The predicted octanol–water partition coefficient (Wildman–Crippen LogP) is 0.420. The first-order valence-electron chi connectivity index (χ1n) is 5.48. The summed E-state index contributed by atoms with van der Waals surface area (Å²) in [5.41, 5.74) is 6.79. The summed E-state index contributed by atoms with van der Waals surface area (Å²) in [5.74, 6) is 0.657. The molecule has 2 aromatic heterocycles. The lowest BCUT2D eigenvalue weighted by Gasteiger charge is -2.15. The molecule has 2 rings (SSSR count). The van der Waals surface area contributed by atoms with Crippen molar-refractivity contribution < 1.29 is 9.32 Å². The number of likely N-dealkylation sites (N-methyl/N-ethyl adjacent to an activating group) is 1. The van der Waals surface area contributed by atoms with Crippen LogP contribution in [-0.2, 0) is 17.9 Å². The second-order valence-corrected chi connectivity index (χ2v) is 4.15. The summed E-state index contributed by atoms with van der Waals surface area (Å²) in [5, 5.41) is 7.80. The fourth-order valence-corrected chi connectivity index (χ4v) is 1.55. The van der Waals surface area contributed by atoms with Crippen molar-refractivity contribution in [3.63, 3.8) is 0 Å². The minimum atomic E-state index is -0.0706. The van der Waals surface area contributed by atoms with Crippen LogP contribution in [0, 0.1) is 6.92 Å². The maximum atomic E-state index is 11.9. The Kier molecular flexibility index (Phi) is 3.31. The molecule has 7 nitrogen and oxygen atoms in total. The molecular formula is C11H15N5O2. The number of carbonyl (C=O) groups is 1. The van der Waals surface area contributed by atoms with E-state index in [1.807, 2.05) is 6.92 Å². The first kappa shape index (κ1) is 12.2. The van der Waals surface area contributed by atoms with E-state index in [2.05, 4.69) is 10.3 Å². The molecule has 0 aliphatic heterocycles. The van der Waals surface area contributed by atoms with Gasteiger partial charge < -0.3 is 15.2 Å². The van der Waals surface area contributed by atoms with E-state index in [1.165, 1.54) is 10.9 Å². The molecule has 18 heavy (non-hydrogen) atoms. The van der Waals surface area contributed by atoms with Crippen LogP contribution in [0.15, 0.2) is 23.0 Å². The fourth-order valence-electron chi connectivity index (χ4n) is 1.55. The molecule has 0 unspecified atom stereocenters. The fraction of sp³-hybridized carbons (Fsp3) is 0.364. The number of hydrogen-bond donors (Lipinski definition) is 1. The van der Waals surface area contributed by atoms with E-state index < -0.39 is 0 Å². The van der Waals surface area contributed by atoms with E-state index in [4.69, 9.17) is 10.3 Å². The Morgan fingerprint density at radius 2 is 2.39 bits per heavy atom. The molecule has 2 aromatic rings. The lowest BCUT2D eigenvalue weighted by molar-refractivity contribution is -0.131. The highest BCUT2D eigenvalue weighted by Crippen LogP contribution is 2.05. The Bertz CT molecular complexity index is 545. The topological polar surface area (TPSA) is 90.2 Å². The zero-order chi connectivity index (χ0) is 13.1. The molecule has 0 radical (unpaired) electrons. The van der Waals surface area contributed by atoms with Gasteiger partial charge in [0.2, 0.25) is 5.91 Å². The highest BCUT2D eigenvalue weighted by molar-refractivity contribution is 5.75. The van der Waals surface area contributed by atoms with Crippen LogP contribution in [0.5, 0.6) is 0 Å². The van der Waals surface area contributed by atoms with Gasteiger partial charge in [-0.1, -0.05) is 5.16 Å². The van der Waals surface area contributed by atoms with Gasteiger partial charge in [-0.05, 0) is 6.92 Å². The third-order valence-corrected chi connectivity index (χ3v) is 2.45. The van der Waals surface area contributed by atoms with Crippen LogP contribution in [0.25, 0.3) is 0 Å². The minimum Gasteiger partial charge on any atom is -0.396 e. The van der Waals surface area contributed by atoms with Crippen LogP contribution in [-0.4, -0.2) is 32.8 Å². The molecule has 96 valence electrons. The maximum Gasteiger partial charge on any atom is 0.244 e. The van der Waals surface area contributed by atoms with Gasteiger partial charge in [-0.2, -0.15) is 5.10 Å². The van der Waals surface area contributed by atoms with Crippen LogP contribution < -0.4 is 5.73 Å². The number of carbonyl (C=O) groups excluding carboxylic acids is 1. The summed E-state index contributed by atoms with van der Waals surface area (Å²) in [6.45, 7) is 2.38. The molecule has 0 spiro atoms. The molecule has 2 N–H and O–H groups in total. The Hall–Kier alpha value is -2.31. The van der Waals surface area contributed by atoms with E-state index in [0.29, 0.717) is 12.2 Å². The van der Waals surface area contributed by atoms with Crippen molar-refractivity contribution in [1.82, 2.24) is 19.8 Å². The van der Waals surface area contributed by atoms with E-state index in [9.17, 15) is 4.79 Å². The number of nitrogen functional groups attached to an aromatic ring is 1. The normalized spacial score (nSPS) is 10.6. The van der Waals surface area contributed by atoms with Gasteiger partial charge in [-0.3, -0.25) is 9.48 Å². The molecule has 1 amide bonds. The van der Waals surface area contributed by atoms with E-state index >= 15 is 0 Å². The Morgan fingerprint density at radius 3 is 2.94 bits per heavy atom. The SMILES string of the molecule is Cc1cc(CN(C)C(=O)Cn2cc(N)cn2)no1. The van der Waals surface area contributed by atoms with Gasteiger partial charge in [0.25, 0.3) is 0 Å². The highest BCUT2D eigenvalue weighted by Gasteiger charge is 2.12. The van der Waals surface area contributed by atoms with Gasteiger partial charge in [-0.15, -0.1) is 0 Å². The number of amides is 1. The van der Waals surface area contributed by atoms with E-state index in [0.717, 1.165) is 11.5 Å². The van der Waals surface area contributed by atoms with Crippen molar-refractivity contribution >= 4 is 11.6 Å². The minimum absolute atomic E-state index is 0.0706. The molecule has 0 aliphatic carbocycles. The van der Waals surface area contributed by atoms with Crippen molar-refractivity contribution in [2.45, 2.75) is 20.0 Å². The van der Waals surface area contributed by atoms with Crippen molar-refractivity contribution in [2.24, 2.45) is 0 Å². The quantitative estimate of drug-likeness (QED) is 0.848. The Balaban J connectivity index is 1.92. The number of hydrogen-bond acceptors (Lipinski definition) is 5. The zero-order valence-electron chi connectivity index (χ0n) is 10.3. The maximum absolute atomic E-state index is 11.9. The average Bonchev–Trinajstić information content (AvgIpc) is 2.88. The lowest BCUT2D eigenvalue weighted by atomic mass is 10.3. The average molecular weight is 249 g/mol. The second-order valence-electron chi connectivity index (χ2n) is 4.15. The summed E-state index contributed by atoms with van der Waals surface area (Å²) in [6, 6.07) is 1.80. The van der Waals surface area contributed by atoms with Crippen LogP contribution in [0.3, 0.4) is 0 Å². The standard InChI is InChI=1S/C11H15N5O2/c1-8-3-10(14-18-8)6-15(2)11(17)7-16-5-9(12)4-13-16/h3-5H,6-7,12H2,1-2H3.